The lowest BCUT2D eigenvalue weighted by Crippen LogP contribution is -2.35. The predicted molar refractivity (Wildman–Crippen MR) is 107 cm³/mol. The third-order valence-electron chi connectivity index (χ3n) is 4.61. The normalized spacial score (nSPS) is 23.7. The largest absolute Gasteiger partial charge is 0.365 e. The maximum atomic E-state index is 12.4. The zero-order valence-electron chi connectivity index (χ0n) is 14.1. The molecule has 0 unspecified atom stereocenters. The molecule has 134 valence electrons. The number of aryl methyl sites for hydroxylation is 1. The van der Waals surface area contributed by atoms with Crippen molar-refractivity contribution < 1.29 is 13.2 Å². The van der Waals surface area contributed by atoms with Gasteiger partial charge < -0.3 is 4.74 Å². The van der Waals surface area contributed by atoms with E-state index in [1.54, 1.807) is 24.3 Å². The first-order chi connectivity index (χ1) is 12.0. The molecule has 0 aromatic heterocycles. The molecule has 0 aliphatic carbocycles. The second-order valence-electron chi connectivity index (χ2n) is 6.44. The van der Waals surface area contributed by atoms with Gasteiger partial charge in [0.15, 0.2) is 0 Å². The Balaban J connectivity index is 1.66. The number of alkyl halides is 1. The minimum atomic E-state index is -3.51. The van der Waals surface area contributed by atoms with Crippen LogP contribution >= 0.6 is 22.6 Å². The Kier molecular flexibility index (Phi) is 5.82. The lowest BCUT2D eigenvalue weighted by molar-refractivity contribution is -0.0238. The van der Waals surface area contributed by atoms with Crippen molar-refractivity contribution in [3.63, 3.8) is 0 Å². The van der Waals surface area contributed by atoms with E-state index in [-0.39, 0.29) is 11.7 Å². The van der Waals surface area contributed by atoms with E-state index in [0.717, 1.165) is 28.4 Å². The molecule has 4 nitrogen and oxygen atoms in total. The van der Waals surface area contributed by atoms with Crippen molar-refractivity contribution in [2.75, 3.05) is 11.0 Å². The fraction of sp³-hybridized carbons (Fsp3) is 0.368. The van der Waals surface area contributed by atoms with Crippen LogP contribution in [0.1, 0.15) is 24.0 Å². The SMILES string of the molecule is Cc1ccc(S(=O)(=O)NC[C@H]2CC[C@@](CI)(c3ccccc3)O2)cc1. The molecule has 1 saturated heterocycles. The van der Waals surface area contributed by atoms with Gasteiger partial charge in [-0.25, -0.2) is 13.1 Å². The predicted octanol–water partition coefficient (Wildman–Crippen LogP) is 3.78. The Morgan fingerprint density at radius 2 is 1.84 bits per heavy atom. The van der Waals surface area contributed by atoms with E-state index in [1.165, 1.54) is 0 Å². The summed E-state index contributed by atoms with van der Waals surface area (Å²) in [5.74, 6) is 0. The van der Waals surface area contributed by atoms with Gasteiger partial charge in [0.2, 0.25) is 10.0 Å². The minimum Gasteiger partial charge on any atom is -0.365 e. The summed E-state index contributed by atoms with van der Waals surface area (Å²) in [6, 6.07) is 17.1. The Hall–Kier alpha value is -0.960. The molecule has 6 heteroatoms. The van der Waals surface area contributed by atoms with E-state index < -0.39 is 10.0 Å². The number of halogens is 1. The van der Waals surface area contributed by atoms with Crippen molar-refractivity contribution >= 4 is 32.6 Å². The Bertz CT molecular complexity index is 808. The summed E-state index contributed by atoms with van der Waals surface area (Å²) in [5, 5.41) is 0. The summed E-state index contributed by atoms with van der Waals surface area (Å²) in [6.45, 7) is 2.23. The van der Waals surface area contributed by atoms with Crippen molar-refractivity contribution in [2.24, 2.45) is 0 Å². The number of sulfonamides is 1. The summed E-state index contributed by atoms with van der Waals surface area (Å²) >= 11 is 2.35. The number of ether oxygens (including phenoxy) is 1. The molecule has 1 fully saturated rings. The number of rotatable bonds is 6. The summed E-state index contributed by atoms with van der Waals surface area (Å²) in [7, 11) is -3.51. The van der Waals surface area contributed by atoms with Crippen LogP contribution in [0.15, 0.2) is 59.5 Å². The highest BCUT2D eigenvalue weighted by Gasteiger charge is 2.41. The van der Waals surface area contributed by atoms with Crippen LogP contribution in [0.4, 0.5) is 0 Å². The van der Waals surface area contributed by atoms with Crippen LogP contribution in [0.3, 0.4) is 0 Å². The van der Waals surface area contributed by atoms with Gasteiger partial charge in [-0.3, -0.25) is 0 Å². The second-order valence-corrected chi connectivity index (χ2v) is 8.97. The van der Waals surface area contributed by atoms with E-state index in [9.17, 15) is 8.42 Å². The maximum Gasteiger partial charge on any atom is 0.240 e. The highest BCUT2D eigenvalue weighted by Crippen LogP contribution is 2.40. The van der Waals surface area contributed by atoms with Gasteiger partial charge in [-0.2, -0.15) is 0 Å². The van der Waals surface area contributed by atoms with Gasteiger partial charge in [0.25, 0.3) is 0 Å². The fourth-order valence-electron chi connectivity index (χ4n) is 3.11. The van der Waals surface area contributed by atoms with E-state index in [4.69, 9.17) is 4.74 Å². The van der Waals surface area contributed by atoms with Crippen LogP contribution in [-0.2, 0) is 20.4 Å². The lowest BCUT2D eigenvalue weighted by Gasteiger charge is -2.28. The number of nitrogens with one attached hydrogen (secondary N) is 1. The fourth-order valence-corrected chi connectivity index (χ4v) is 5.18. The van der Waals surface area contributed by atoms with Gasteiger partial charge >= 0.3 is 0 Å². The number of benzene rings is 2. The standard InChI is InChI=1S/C19H22INO3S/c1-15-7-9-18(10-8-15)25(22,23)21-13-17-11-12-19(14-20,24-17)16-5-3-2-4-6-16/h2-10,17,21H,11-14H2,1H3/t17-,19-/m1/s1. The van der Waals surface area contributed by atoms with Crippen LogP contribution in [0.2, 0.25) is 0 Å². The molecule has 2 aromatic carbocycles. The molecular weight excluding hydrogens is 449 g/mol. The van der Waals surface area contributed by atoms with Crippen molar-refractivity contribution in [2.45, 2.75) is 36.4 Å². The van der Waals surface area contributed by atoms with E-state index >= 15 is 0 Å². The Morgan fingerprint density at radius 1 is 1.16 bits per heavy atom. The van der Waals surface area contributed by atoms with E-state index in [1.807, 2.05) is 25.1 Å². The molecule has 1 aliphatic rings. The van der Waals surface area contributed by atoms with E-state index in [0.29, 0.717) is 11.4 Å². The van der Waals surface area contributed by atoms with Crippen molar-refractivity contribution in [1.82, 2.24) is 4.72 Å². The summed E-state index contributed by atoms with van der Waals surface area (Å²) in [6.07, 6.45) is 1.63. The smallest absolute Gasteiger partial charge is 0.240 e. The molecule has 1 aliphatic heterocycles. The quantitative estimate of drug-likeness (QED) is 0.516. The molecule has 25 heavy (non-hydrogen) atoms. The van der Waals surface area contributed by atoms with Gasteiger partial charge in [0.05, 0.1) is 11.0 Å². The van der Waals surface area contributed by atoms with Crippen LogP contribution in [0, 0.1) is 6.92 Å². The molecule has 0 spiro atoms. The van der Waals surface area contributed by atoms with E-state index in [2.05, 4.69) is 39.4 Å². The summed E-state index contributed by atoms with van der Waals surface area (Å²) < 4.78 is 34.7. The molecule has 0 saturated carbocycles. The van der Waals surface area contributed by atoms with Crippen LogP contribution < -0.4 is 4.72 Å². The molecule has 0 radical (unpaired) electrons. The minimum absolute atomic E-state index is 0.116. The van der Waals surface area contributed by atoms with Crippen molar-refractivity contribution in [3.8, 4) is 0 Å². The Morgan fingerprint density at radius 3 is 2.48 bits per heavy atom. The van der Waals surface area contributed by atoms with Gasteiger partial charge in [0, 0.05) is 11.0 Å². The summed E-state index contributed by atoms with van der Waals surface area (Å²) in [4.78, 5) is 0.291. The zero-order chi connectivity index (χ0) is 17.9. The molecule has 0 amide bonds. The summed E-state index contributed by atoms with van der Waals surface area (Å²) in [5.41, 5.74) is 1.88. The average Bonchev–Trinajstić information content (AvgIpc) is 3.06. The molecule has 1 N–H and O–H groups in total. The van der Waals surface area contributed by atoms with Crippen molar-refractivity contribution in [3.05, 3.63) is 65.7 Å². The Labute approximate surface area is 163 Å². The van der Waals surface area contributed by atoms with Crippen molar-refractivity contribution in [1.29, 1.82) is 0 Å². The first-order valence-electron chi connectivity index (χ1n) is 8.31. The molecule has 0 bridgehead atoms. The molecular formula is C19H22INO3S. The topological polar surface area (TPSA) is 55.4 Å². The van der Waals surface area contributed by atoms with Crippen LogP contribution in [-0.4, -0.2) is 25.5 Å². The first-order valence-corrected chi connectivity index (χ1v) is 11.3. The first kappa shape index (κ1) is 18.8. The third kappa shape index (κ3) is 4.24. The van der Waals surface area contributed by atoms with Crippen LogP contribution in [0.25, 0.3) is 0 Å². The molecule has 2 aromatic rings. The average molecular weight is 471 g/mol. The van der Waals surface area contributed by atoms with Gasteiger partial charge in [-0.15, -0.1) is 0 Å². The van der Waals surface area contributed by atoms with Gasteiger partial charge in [-0.1, -0.05) is 70.6 Å². The highest BCUT2D eigenvalue weighted by atomic mass is 127. The number of hydrogen-bond acceptors (Lipinski definition) is 3. The third-order valence-corrected chi connectivity index (χ3v) is 7.28. The molecule has 2 atom stereocenters. The number of hydrogen-bond donors (Lipinski definition) is 1. The monoisotopic (exact) mass is 471 g/mol. The van der Waals surface area contributed by atoms with Gasteiger partial charge in [0.1, 0.15) is 5.60 Å². The van der Waals surface area contributed by atoms with Crippen LogP contribution in [0.5, 0.6) is 0 Å². The molecule has 3 rings (SSSR count). The zero-order valence-corrected chi connectivity index (χ0v) is 17.1. The molecule has 1 heterocycles. The van der Waals surface area contributed by atoms with Gasteiger partial charge in [-0.05, 0) is 37.5 Å². The highest BCUT2D eigenvalue weighted by molar-refractivity contribution is 14.1. The second kappa shape index (κ2) is 7.73. The lowest BCUT2D eigenvalue weighted by atomic mass is 9.93. The maximum absolute atomic E-state index is 12.4.